The average Bonchev–Trinajstić information content (AvgIpc) is 2.73. The lowest BCUT2D eigenvalue weighted by molar-refractivity contribution is -0.133. The lowest BCUT2D eigenvalue weighted by atomic mass is 10.0. The van der Waals surface area contributed by atoms with Crippen LogP contribution in [0.2, 0.25) is 0 Å². The van der Waals surface area contributed by atoms with Crippen LogP contribution < -0.4 is 0 Å². The Kier molecular flexibility index (Phi) is 3.72. The number of ketones is 1. The molecule has 4 nitrogen and oxygen atoms in total. The molecule has 0 N–H and O–H groups in total. The third-order valence-corrected chi connectivity index (χ3v) is 3.09. The zero-order valence-electron chi connectivity index (χ0n) is 9.69. The van der Waals surface area contributed by atoms with Crippen LogP contribution >= 0.6 is 0 Å². The number of aromatic nitrogens is 2. The molecule has 0 bridgehead atoms. The number of Topliss-reactive ketones (excluding diaryl/α,β-unsaturated/α-hetero) is 1. The van der Waals surface area contributed by atoms with Crippen molar-refractivity contribution in [2.45, 2.75) is 38.2 Å². The van der Waals surface area contributed by atoms with Gasteiger partial charge in [-0.15, -0.1) is 0 Å². The number of carbonyl (C=O) groups is 1. The van der Waals surface area contributed by atoms with Gasteiger partial charge in [0, 0.05) is 32.0 Å². The lowest BCUT2D eigenvalue weighted by Crippen LogP contribution is -2.28. The van der Waals surface area contributed by atoms with E-state index in [2.05, 4.69) is 5.10 Å². The van der Waals surface area contributed by atoms with Crippen molar-refractivity contribution in [3.63, 3.8) is 0 Å². The first-order chi connectivity index (χ1) is 7.77. The van der Waals surface area contributed by atoms with E-state index >= 15 is 0 Å². The maximum Gasteiger partial charge on any atom is 0.161 e. The van der Waals surface area contributed by atoms with Crippen molar-refractivity contribution < 1.29 is 9.53 Å². The summed E-state index contributed by atoms with van der Waals surface area (Å²) in [5.41, 5.74) is 1.10. The summed E-state index contributed by atoms with van der Waals surface area (Å²) in [6.45, 7) is 0.738. The van der Waals surface area contributed by atoms with Crippen LogP contribution in [0.4, 0.5) is 0 Å². The number of carbonyl (C=O) groups excluding carboxylic acids is 1. The average molecular weight is 222 g/mol. The molecule has 1 aliphatic rings. The molecule has 1 fully saturated rings. The Hall–Kier alpha value is -1.16. The molecule has 0 radical (unpaired) electrons. The van der Waals surface area contributed by atoms with Gasteiger partial charge in [-0.05, 0) is 31.7 Å². The molecule has 0 aliphatic carbocycles. The summed E-state index contributed by atoms with van der Waals surface area (Å²) >= 11 is 0. The SMILES string of the molecule is Cn1nccc1CCC(=O)C1CCCCO1. The summed E-state index contributed by atoms with van der Waals surface area (Å²) in [4.78, 5) is 11.8. The van der Waals surface area contributed by atoms with Gasteiger partial charge in [-0.2, -0.15) is 5.10 Å². The van der Waals surface area contributed by atoms with Gasteiger partial charge in [0.25, 0.3) is 0 Å². The van der Waals surface area contributed by atoms with Crippen molar-refractivity contribution in [3.8, 4) is 0 Å². The van der Waals surface area contributed by atoms with Gasteiger partial charge in [-0.1, -0.05) is 0 Å². The van der Waals surface area contributed by atoms with Gasteiger partial charge < -0.3 is 4.74 Å². The van der Waals surface area contributed by atoms with Gasteiger partial charge in [0.2, 0.25) is 0 Å². The Labute approximate surface area is 95.6 Å². The highest BCUT2D eigenvalue weighted by molar-refractivity contribution is 5.83. The van der Waals surface area contributed by atoms with Crippen LogP contribution in [0.15, 0.2) is 12.3 Å². The van der Waals surface area contributed by atoms with E-state index in [0.717, 1.165) is 38.0 Å². The molecule has 0 spiro atoms. The minimum atomic E-state index is -0.151. The molecule has 1 unspecified atom stereocenters. The highest BCUT2D eigenvalue weighted by atomic mass is 16.5. The van der Waals surface area contributed by atoms with Crippen LogP contribution in [0.1, 0.15) is 31.4 Å². The quantitative estimate of drug-likeness (QED) is 0.775. The summed E-state index contributed by atoms with van der Waals surface area (Å²) in [5.74, 6) is 0.237. The van der Waals surface area contributed by atoms with Crippen LogP contribution in [0.3, 0.4) is 0 Å². The van der Waals surface area contributed by atoms with Gasteiger partial charge in [-0.25, -0.2) is 0 Å². The summed E-state index contributed by atoms with van der Waals surface area (Å²) in [6, 6.07) is 1.95. The summed E-state index contributed by atoms with van der Waals surface area (Å²) in [7, 11) is 1.90. The Morgan fingerprint density at radius 2 is 2.50 bits per heavy atom. The predicted molar refractivity (Wildman–Crippen MR) is 60.1 cm³/mol. The van der Waals surface area contributed by atoms with Crippen molar-refractivity contribution in [2.24, 2.45) is 7.05 Å². The van der Waals surface area contributed by atoms with Crippen molar-refractivity contribution in [1.29, 1.82) is 0 Å². The second-order valence-corrected chi connectivity index (χ2v) is 4.27. The number of hydrogen-bond donors (Lipinski definition) is 0. The fraction of sp³-hybridized carbons (Fsp3) is 0.667. The van der Waals surface area contributed by atoms with E-state index in [1.54, 1.807) is 6.20 Å². The number of ether oxygens (including phenoxy) is 1. The van der Waals surface area contributed by atoms with E-state index in [4.69, 9.17) is 4.74 Å². The molecule has 0 aromatic carbocycles. The van der Waals surface area contributed by atoms with Gasteiger partial charge in [0.1, 0.15) is 6.10 Å². The van der Waals surface area contributed by atoms with E-state index in [-0.39, 0.29) is 11.9 Å². The molecule has 1 aliphatic heterocycles. The molecule has 4 heteroatoms. The molecule has 0 saturated carbocycles. The molecule has 88 valence electrons. The second kappa shape index (κ2) is 5.25. The van der Waals surface area contributed by atoms with Crippen LogP contribution in [0.25, 0.3) is 0 Å². The van der Waals surface area contributed by atoms with Crippen molar-refractivity contribution in [1.82, 2.24) is 9.78 Å². The predicted octanol–water partition coefficient (Wildman–Crippen LogP) is 1.49. The van der Waals surface area contributed by atoms with Gasteiger partial charge >= 0.3 is 0 Å². The van der Waals surface area contributed by atoms with E-state index < -0.39 is 0 Å². The smallest absolute Gasteiger partial charge is 0.161 e. The van der Waals surface area contributed by atoms with E-state index in [9.17, 15) is 4.79 Å². The third-order valence-electron chi connectivity index (χ3n) is 3.09. The van der Waals surface area contributed by atoms with Gasteiger partial charge in [0.15, 0.2) is 5.78 Å². The maximum atomic E-state index is 11.8. The second-order valence-electron chi connectivity index (χ2n) is 4.27. The van der Waals surface area contributed by atoms with E-state index in [0.29, 0.717) is 6.42 Å². The minimum absolute atomic E-state index is 0.151. The topological polar surface area (TPSA) is 44.1 Å². The molecule has 2 rings (SSSR count). The third kappa shape index (κ3) is 2.70. The van der Waals surface area contributed by atoms with Gasteiger partial charge in [0.05, 0.1) is 0 Å². The number of nitrogens with zero attached hydrogens (tertiary/aromatic N) is 2. The lowest BCUT2D eigenvalue weighted by Gasteiger charge is -2.21. The first-order valence-electron chi connectivity index (χ1n) is 5.88. The summed E-state index contributed by atoms with van der Waals surface area (Å²) in [5, 5.41) is 4.08. The number of aryl methyl sites for hydroxylation is 2. The van der Waals surface area contributed by atoms with E-state index in [1.807, 2.05) is 17.8 Å². The molecule has 1 aromatic heterocycles. The first-order valence-corrected chi connectivity index (χ1v) is 5.88. The van der Waals surface area contributed by atoms with Crippen LogP contribution in [0.5, 0.6) is 0 Å². The van der Waals surface area contributed by atoms with Crippen LogP contribution in [0, 0.1) is 0 Å². The molecule has 0 amide bonds. The molecule has 2 heterocycles. The van der Waals surface area contributed by atoms with Crippen molar-refractivity contribution >= 4 is 5.78 Å². The van der Waals surface area contributed by atoms with E-state index in [1.165, 1.54) is 0 Å². The minimum Gasteiger partial charge on any atom is -0.370 e. The zero-order chi connectivity index (χ0) is 11.4. The number of hydrogen-bond acceptors (Lipinski definition) is 3. The molecule has 1 saturated heterocycles. The summed E-state index contributed by atoms with van der Waals surface area (Å²) in [6.07, 6.45) is 6.02. The van der Waals surface area contributed by atoms with Crippen molar-refractivity contribution in [2.75, 3.05) is 6.61 Å². The Morgan fingerprint density at radius 3 is 3.12 bits per heavy atom. The zero-order valence-corrected chi connectivity index (χ0v) is 9.69. The molecule has 1 aromatic rings. The fourth-order valence-electron chi connectivity index (χ4n) is 2.05. The summed E-state index contributed by atoms with van der Waals surface area (Å²) < 4.78 is 7.28. The monoisotopic (exact) mass is 222 g/mol. The van der Waals surface area contributed by atoms with Crippen molar-refractivity contribution in [3.05, 3.63) is 18.0 Å². The Morgan fingerprint density at radius 1 is 1.62 bits per heavy atom. The Bertz CT molecular complexity index is 354. The highest BCUT2D eigenvalue weighted by Crippen LogP contribution is 2.15. The van der Waals surface area contributed by atoms with Gasteiger partial charge in [-0.3, -0.25) is 9.48 Å². The Balaban J connectivity index is 1.81. The molecule has 16 heavy (non-hydrogen) atoms. The number of rotatable bonds is 4. The van der Waals surface area contributed by atoms with Crippen LogP contribution in [-0.4, -0.2) is 28.3 Å². The fourth-order valence-corrected chi connectivity index (χ4v) is 2.05. The largest absolute Gasteiger partial charge is 0.370 e. The maximum absolute atomic E-state index is 11.8. The molecular formula is C12H18N2O2. The molecule has 1 atom stereocenters. The van der Waals surface area contributed by atoms with Crippen LogP contribution in [-0.2, 0) is 23.0 Å². The highest BCUT2D eigenvalue weighted by Gasteiger charge is 2.21. The first kappa shape index (κ1) is 11.3. The molecular weight excluding hydrogens is 204 g/mol. The standard InChI is InChI=1S/C12H18N2O2/c1-14-10(7-8-13-14)5-6-11(15)12-4-2-3-9-16-12/h7-8,12H,2-6,9H2,1H3. The normalized spacial score (nSPS) is 20.9.